The molecule has 98 valence electrons. The maximum absolute atomic E-state index is 11.7. The second-order valence-corrected chi connectivity index (χ2v) is 4.56. The molecule has 0 saturated carbocycles. The highest BCUT2D eigenvalue weighted by molar-refractivity contribution is 5.79. The molecule has 0 spiro atoms. The van der Waals surface area contributed by atoms with Gasteiger partial charge in [0.05, 0.1) is 0 Å². The third kappa shape index (κ3) is 3.62. The van der Waals surface area contributed by atoms with E-state index in [1.54, 1.807) is 13.0 Å². The number of carbonyl (C=O) groups excluding carboxylic acids is 1. The first-order chi connectivity index (χ1) is 8.45. The first kappa shape index (κ1) is 14.3. The summed E-state index contributed by atoms with van der Waals surface area (Å²) in [7, 11) is 0. The van der Waals surface area contributed by atoms with Gasteiger partial charge in [-0.25, -0.2) is 4.79 Å². The van der Waals surface area contributed by atoms with Gasteiger partial charge in [-0.05, 0) is 38.8 Å². The smallest absolute Gasteiger partial charge is 0.328 e. The zero-order valence-electron chi connectivity index (χ0n) is 11.5. The van der Waals surface area contributed by atoms with E-state index in [1.165, 1.54) is 5.56 Å². The topological polar surface area (TPSA) is 38.3 Å². The SMILES string of the molecule is C=CCOC(=O)[C@H](C)Nc1c(C)cc(C)cc1C. The average Bonchev–Trinajstić information content (AvgIpc) is 2.30. The number of hydrogen-bond donors (Lipinski definition) is 1. The number of esters is 1. The lowest BCUT2D eigenvalue weighted by Gasteiger charge is -2.18. The number of anilines is 1. The lowest BCUT2D eigenvalue weighted by atomic mass is 10.0. The fourth-order valence-corrected chi connectivity index (χ4v) is 1.95. The summed E-state index contributed by atoms with van der Waals surface area (Å²) in [5.74, 6) is -0.269. The molecule has 0 radical (unpaired) electrons. The van der Waals surface area contributed by atoms with Crippen LogP contribution in [0.15, 0.2) is 24.8 Å². The standard InChI is InChI=1S/C15H21NO2/c1-6-7-18-15(17)13(5)16-14-11(3)8-10(2)9-12(14)4/h6,8-9,13,16H,1,7H2,2-5H3/t13-/m0/s1. The van der Waals surface area contributed by atoms with E-state index in [0.717, 1.165) is 16.8 Å². The summed E-state index contributed by atoms with van der Waals surface area (Å²) in [5, 5.41) is 3.21. The van der Waals surface area contributed by atoms with Crippen LogP contribution in [0.1, 0.15) is 23.6 Å². The van der Waals surface area contributed by atoms with Gasteiger partial charge in [-0.1, -0.05) is 30.4 Å². The van der Waals surface area contributed by atoms with Gasteiger partial charge in [0.1, 0.15) is 12.6 Å². The molecule has 1 aromatic rings. The zero-order chi connectivity index (χ0) is 13.7. The Hall–Kier alpha value is -1.77. The molecule has 0 amide bonds. The van der Waals surface area contributed by atoms with Crippen LogP contribution in [-0.2, 0) is 9.53 Å². The second kappa shape index (κ2) is 6.24. The monoisotopic (exact) mass is 247 g/mol. The lowest BCUT2D eigenvalue weighted by Crippen LogP contribution is -2.29. The van der Waals surface area contributed by atoms with Crippen LogP contribution in [0.5, 0.6) is 0 Å². The molecule has 1 rings (SSSR count). The molecule has 3 heteroatoms. The molecule has 1 aromatic carbocycles. The molecule has 0 heterocycles. The molecule has 0 bridgehead atoms. The van der Waals surface area contributed by atoms with E-state index in [4.69, 9.17) is 4.74 Å². The van der Waals surface area contributed by atoms with Crippen molar-refractivity contribution in [3.8, 4) is 0 Å². The van der Waals surface area contributed by atoms with E-state index in [2.05, 4.69) is 31.0 Å². The molecule has 0 saturated heterocycles. The molecule has 3 nitrogen and oxygen atoms in total. The maximum atomic E-state index is 11.7. The van der Waals surface area contributed by atoms with Gasteiger partial charge in [0.25, 0.3) is 0 Å². The van der Waals surface area contributed by atoms with E-state index in [0.29, 0.717) is 0 Å². The lowest BCUT2D eigenvalue weighted by molar-refractivity contribution is -0.142. The van der Waals surface area contributed by atoms with Crippen molar-refractivity contribution >= 4 is 11.7 Å². The fraction of sp³-hybridized carbons (Fsp3) is 0.400. The van der Waals surface area contributed by atoms with Crippen LogP contribution >= 0.6 is 0 Å². The van der Waals surface area contributed by atoms with Crippen molar-refractivity contribution in [3.63, 3.8) is 0 Å². The highest BCUT2D eigenvalue weighted by Gasteiger charge is 2.15. The Morgan fingerprint density at radius 1 is 1.39 bits per heavy atom. The third-order valence-corrected chi connectivity index (χ3v) is 2.73. The fourth-order valence-electron chi connectivity index (χ4n) is 1.95. The zero-order valence-corrected chi connectivity index (χ0v) is 11.5. The molecule has 0 fully saturated rings. The summed E-state index contributed by atoms with van der Waals surface area (Å²) in [6.45, 7) is 11.7. The Morgan fingerprint density at radius 3 is 2.44 bits per heavy atom. The summed E-state index contributed by atoms with van der Waals surface area (Å²) in [6, 6.07) is 3.82. The predicted octanol–water partition coefficient (Wildman–Crippen LogP) is 3.14. The van der Waals surface area contributed by atoms with Gasteiger partial charge in [-0.2, -0.15) is 0 Å². The summed E-state index contributed by atoms with van der Waals surface area (Å²) in [5.41, 5.74) is 4.49. The van der Waals surface area contributed by atoms with E-state index in [9.17, 15) is 4.79 Å². The summed E-state index contributed by atoms with van der Waals surface area (Å²) >= 11 is 0. The summed E-state index contributed by atoms with van der Waals surface area (Å²) in [4.78, 5) is 11.7. The van der Waals surface area contributed by atoms with Crippen molar-refractivity contribution < 1.29 is 9.53 Å². The number of hydrogen-bond acceptors (Lipinski definition) is 3. The van der Waals surface area contributed by atoms with Crippen molar-refractivity contribution in [1.29, 1.82) is 0 Å². The van der Waals surface area contributed by atoms with Gasteiger partial charge in [-0.3, -0.25) is 0 Å². The van der Waals surface area contributed by atoms with Crippen LogP contribution in [0.2, 0.25) is 0 Å². The number of benzene rings is 1. The number of rotatable bonds is 5. The average molecular weight is 247 g/mol. The molecule has 0 aromatic heterocycles. The number of nitrogens with one attached hydrogen (secondary N) is 1. The molecular formula is C15H21NO2. The highest BCUT2D eigenvalue weighted by Crippen LogP contribution is 2.22. The molecule has 0 aliphatic heterocycles. The molecular weight excluding hydrogens is 226 g/mol. The van der Waals surface area contributed by atoms with Crippen LogP contribution in [0, 0.1) is 20.8 Å². The molecule has 0 unspecified atom stereocenters. The normalized spacial score (nSPS) is 11.8. The van der Waals surface area contributed by atoms with Gasteiger partial charge >= 0.3 is 5.97 Å². The quantitative estimate of drug-likeness (QED) is 0.641. The molecule has 0 aliphatic carbocycles. The van der Waals surface area contributed by atoms with Crippen molar-refractivity contribution in [3.05, 3.63) is 41.5 Å². The van der Waals surface area contributed by atoms with Crippen LogP contribution in [0.25, 0.3) is 0 Å². The molecule has 18 heavy (non-hydrogen) atoms. The summed E-state index contributed by atoms with van der Waals surface area (Å²) in [6.07, 6.45) is 1.56. The highest BCUT2D eigenvalue weighted by atomic mass is 16.5. The van der Waals surface area contributed by atoms with E-state index in [1.807, 2.05) is 13.8 Å². The number of ether oxygens (including phenoxy) is 1. The van der Waals surface area contributed by atoms with Gasteiger partial charge in [0.15, 0.2) is 0 Å². The van der Waals surface area contributed by atoms with Crippen molar-refractivity contribution in [2.75, 3.05) is 11.9 Å². The van der Waals surface area contributed by atoms with Gasteiger partial charge in [0.2, 0.25) is 0 Å². The first-order valence-electron chi connectivity index (χ1n) is 6.07. The van der Waals surface area contributed by atoms with Gasteiger partial charge in [0, 0.05) is 5.69 Å². The Balaban J connectivity index is 2.78. The largest absolute Gasteiger partial charge is 0.460 e. The predicted molar refractivity (Wildman–Crippen MR) is 74.9 cm³/mol. The van der Waals surface area contributed by atoms with E-state index < -0.39 is 0 Å². The molecule has 1 atom stereocenters. The minimum atomic E-state index is -0.370. The third-order valence-electron chi connectivity index (χ3n) is 2.73. The second-order valence-electron chi connectivity index (χ2n) is 4.56. The Morgan fingerprint density at radius 2 is 1.94 bits per heavy atom. The Bertz CT molecular complexity index is 429. The van der Waals surface area contributed by atoms with Crippen LogP contribution in [0.3, 0.4) is 0 Å². The Kier molecular flexibility index (Phi) is 4.95. The van der Waals surface area contributed by atoms with Gasteiger partial charge < -0.3 is 10.1 Å². The Labute approximate surface area is 109 Å². The number of carbonyl (C=O) groups is 1. The van der Waals surface area contributed by atoms with E-state index in [-0.39, 0.29) is 18.6 Å². The first-order valence-corrected chi connectivity index (χ1v) is 6.07. The number of aryl methyl sites for hydroxylation is 3. The van der Waals surface area contributed by atoms with Crippen molar-refractivity contribution in [1.82, 2.24) is 0 Å². The maximum Gasteiger partial charge on any atom is 0.328 e. The molecule has 0 aliphatic rings. The van der Waals surface area contributed by atoms with Gasteiger partial charge in [-0.15, -0.1) is 0 Å². The minimum absolute atomic E-state index is 0.247. The van der Waals surface area contributed by atoms with Crippen LogP contribution in [0.4, 0.5) is 5.69 Å². The van der Waals surface area contributed by atoms with Crippen LogP contribution < -0.4 is 5.32 Å². The van der Waals surface area contributed by atoms with Crippen LogP contribution in [-0.4, -0.2) is 18.6 Å². The van der Waals surface area contributed by atoms with E-state index >= 15 is 0 Å². The van der Waals surface area contributed by atoms with Crippen molar-refractivity contribution in [2.24, 2.45) is 0 Å². The molecule has 1 N–H and O–H groups in total. The summed E-state index contributed by atoms with van der Waals surface area (Å²) < 4.78 is 5.01. The van der Waals surface area contributed by atoms with Crippen molar-refractivity contribution in [2.45, 2.75) is 33.7 Å². The minimum Gasteiger partial charge on any atom is -0.460 e.